The third-order valence-electron chi connectivity index (χ3n) is 6.04. The van der Waals surface area contributed by atoms with Crippen molar-refractivity contribution in [1.82, 2.24) is 15.0 Å². The molecule has 0 amide bonds. The van der Waals surface area contributed by atoms with Crippen LogP contribution in [-0.2, 0) is 16.4 Å². The van der Waals surface area contributed by atoms with Crippen LogP contribution in [0.5, 0.6) is 0 Å². The van der Waals surface area contributed by atoms with Crippen LogP contribution in [0.1, 0.15) is 22.3 Å². The lowest BCUT2D eigenvalue weighted by Crippen LogP contribution is -2.32. The lowest BCUT2D eigenvalue weighted by molar-refractivity contribution is -0.384. The number of aryl methyl sites for hydroxylation is 1. The molecule has 1 heterocycles. The first-order valence-corrected chi connectivity index (χ1v) is 13.4. The van der Waals surface area contributed by atoms with Gasteiger partial charge < -0.3 is 10.4 Å². The molecule has 1 aromatic heterocycles. The molecule has 196 valence electrons. The summed E-state index contributed by atoms with van der Waals surface area (Å²) in [6.45, 7) is 1.03. The lowest BCUT2D eigenvalue weighted by atomic mass is 10.0. The highest BCUT2D eigenvalue weighted by atomic mass is 32.2. The Morgan fingerprint density at radius 1 is 0.974 bits per heavy atom. The van der Waals surface area contributed by atoms with E-state index >= 15 is 0 Å². The van der Waals surface area contributed by atoms with E-state index in [0.29, 0.717) is 36.9 Å². The van der Waals surface area contributed by atoms with Crippen LogP contribution in [0.3, 0.4) is 0 Å². The first-order valence-electron chi connectivity index (χ1n) is 11.9. The number of hydrogen-bond donors (Lipinski definition) is 3. The molecule has 0 aliphatic carbocycles. The monoisotopic (exact) mass is 534 g/mol. The number of benzene rings is 3. The van der Waals surface area contributed by atoms with Crippen molar-refractivity contribution in [2.24, 2.45) is 0 Å². The molecule has 3 N–H and O–H groups in total. The van der Waals surface area contributed by atoms with Crippen molar-refractivity contribution >= 4 is 32.5 Å². The molecule has 0 radical (unpaired) electrons. The van der Waals surface area contributed by atoms with Gasteiger partial charge in [0.25, 0.3) is 5.69 Å². The highest BCUT2D eigenvalue weighted by Crippen LogP contribution is 2.30. The highest BCUT2D eigenvalue weighted by Gasteiger charge is 2.19. The molecule has 10 nitrogen and oxygen atoms in total. The Morgan fingerprint density at radius 3 is 2.50 bits per heavy atom. The zero-order valence-electron chi connectivity index (χ0n) is 20.3. The average molecular weight is 535 g/mol. The van der Waals surface area contributed by atoms with E-state index in [1.54, 1.807) is 24.5 Å². The van der Waals surface area contributed by atoms with Gasteiger partial charge in [-0.15, -0.1) is 0 Å². The normalized spacial score (nSPS) is 11.5. The summed E-state index contributed by atoms with van der Waals surface area (Å²) in [6.07, 6.45) is 4.18. The number of nitrogens with zero attached hydrogens (tertiary/aromatic N) is 2. The van der Waals surface area contributed by atoms with Crippen LogP contribution in [0, 0.1) is 10.1 Å². The van der Waals surface area contributed by atoms with E-state index in [1.165, 1.54) is 12.1 Å². The zero-order valence-corrected chi connectivity index (χ0v) is 21.1. The van der Waals surface area contributed by atoms with Gasteiger partial charge in [0, 0.05) is 48.4 Å². The fourth-order valence-corrected chi connectivity index (χ4v) is 5.45. The van der Waals surface area contributed by atoms with Crippen molar-refractivity contribution in [3.8, 4) is 11.1 Å². The van der Waals surface area contributed by atoms with Crippen LogP contribution < -0.4 is 10.0 Å². The molecule has 0 saturated carbocycles. The number of rotatable bonds is 12. The Labute approximate surface area is 219 Å². The Hall–Kier alpha value is -4.19. The summed E-state index contributed by atoms with van der Waals surface area (Å²) in [5, 5.41) is 24.7. The van der Waals surface area contributed by atoms with Crippen LogP contribution in [0.2, 0.25) is 0 Å². The molecule has 0 fully saturated rings. The minimum absolute atomic E-state index is 0.0906. The van der Waals surface area contributed by atoms with Gasteiger partial charge in [0.1, 0.15) is 0 Å². The predicted octanol–water partition coefficient (Wildman–Crippen LogP) is 4.01. The number of nitrogens with one attached hydrogen (secondary N) is 2. The van der Waals surface area contributed by atoms with Crippen molar-refractivity contribution in [1.29, 1.82) is 0 Å². The van der Waals surface area contributed by atoms with E-state index in [2.05, 4.69) is 15.0 Å². The SMILES string of the molecule is O=C(O)c1cc([N+](=O)[O-])ccc1CCCNCCNS(=O)(=O)c1cc(-c2ccccc2)cc2cnccc12. The topological polar surface area (TPSA) is 152 Å². The fraction of sp³-hybridized carbons (Fsp3) is 0.185. The van der Waals surface area contributed by atoms with Crippen LogP contribution in [0.15, 0.2) is 84.0 Å². The van der Waals surface area contributed by atoms with E-state index in [-0.39, 0.29) is 22.7 Å². The van der Waals surface area contributed by atoms with Gasteiger partial charge in [-0.1, -0.05) is 36.4 Å². The van der Waals surface area contributed by atoms with Gasteiger partial charge >= 0.3 is 5.97 Å². The predicted molar refractivity (Wildman–Crippen MR) is 144 cm³/mol. The molecule has 3 aromatic carbocycles. The second-order valence-electron chi connectivity index (χ2n) is 8.59. The maximum Gasteiger partial charge on any atom is 0.336 e. The van der Waals surface area contributed by atoms with Crippen molar-refractivity contribution in [3.05, 3.63) is 100 Å². The molecule has 38 heavy (non-hydrogen) atoms. The van der Waals surface area contributed by atoms with Gasteiger partial charge in [-0.3, -0.25) is 15.1 Å². The van der Waals surface area contributed by atoms with E-state index in [9.17, 15) is 28.4 Å². The Morgan fingerprint density at radius 2 is 1.76 bits per heavy atom. The number of sulfonamides is 1. The number of nitro benzene ring substituents is 1. The first kappa shape index (κ1) is 26.9. The number of aromatic carboxylic acids is 1. The van der Waals surface area contributed by atoms with Crippen LogP contribution >= 0.6 is 0 Å². The molecule has 0 atom stereocenters. The van der Waals surface area contributed by atoms with Gasteiger partial charge in [-0.25, -0.2) is 17.9 Å². The maximum atomic E-state index is 13.2. The summed E-state index contributed by atoms with van der Waals surface area (Å²) in [7, 11) is -3.82. The van der Waals surface area contributed by atoms with E-state index in [0.717, 1.165) is 22.6 Å². The molecule has 4 aromatic rings. The molecule has 4 rings (SSSR count). The summed E-state index contributed by atoms with van der Waals surface area (Å²) in [6, 6.07) is 18.6. The number of carbonyl (C=O) groups is 1. The molecular formula is C27H26N4O6S. The number of pyridine rings is 1. The summed E-state index contributed by atoms with van der Waals surface area (Å²) in [4.78, 5) is 26.0. The fourth-order valence-electron chi connectivity index (χ4n) is 4.17. The van der Waals surface area contributed by atoms with Gasteiger partial charge in [0.05, 0.1) is 15.4 Å². The first-order chi connectivity index (χ1) is 18.3. The van der Waals surface area contributed by atoms with Crippen molar-refractivity contribution in [3.63, 3.8) is 0 Å². The third kappa shape index (κ3) is 6.38. The second kappa shape index (κ2) is 11.9. The molecule has 0 aliphatic rings. The number of carboxylic acids is 1. The Bertz CT molecular complexity index is 1580. The average Bonchev–Trinajstić information content (AvgIpc) is 2.92. The van der Waals surface area contributed by atoms with Crippen LogP contribution in [-0.4, -0.2) is 49.0 Å². The van der Waals surface area contributed by atoms with Crippen molar-refractivity contribution in [2.75, 3.05) is 19.6 Å². The lowest BCUT2D eigenvalue weighted by Gasteiger charge is -2.13. The standard InChI is InChI=1S/C27H26N4O6S/c32-27(33)25-17-23(31(34)35)9-8-20(25)7-4-11-28-13-14-30-38(36,37)26-16-21(19-5-2-1-3-6-19)15-22-18-29-12-10-24(22)26/h1-3,5-6,8-10,12,15-18,28,30H,4,7,11,13-14H2,(H,32,33). The Kier molecular flexibility index (Phi) is 8.41. The number of aromatic nitrogens is 1. The molecule has 0 saturated heterocycles. The van der Waals surface area contributed by atoms with Crippen LogP contribution in [0.4, 0.5) is 5.69 Å². The largest absolute Gasteiger partial charge is 0.478 e. The quantitative estimate of drug-likeness (QED) is 0.140. The van der Waals surface area contributed by atoms with Gasteiger partial charge in [0.15, 0.2) is 0 Å². The van der Waals surface area contributed by atoms with Crippen molar-refractivity contribution < 1.29 is 23.2 Å². The summed E-state index contributed by atoms with van der Waals surface area (Å²) in [5.74, 6) is -1.22. The molecule has 0 aliphatic heterocycles. The summed E-state index contributed by atoms with van der Waals surface area (Å²) >= 11 is 0. The minimum atomic E-state index is -3.82. The van der Waals surface area contributed by atoms with Gasteiger partial charge in [-0.05, 0) is 54.3 Å². The van der Waals surface area contributed by atoms with E-state index in [1.807, 2.05) is 36.4 Å². The number of fused-ring (bicyclic) bond motifs is 1. The van der Waals surface area contributed by atoms with Gasteiger partial charge in [0.2, 0.25) is 10.0 Å². The second-order valence-corrected chi connectivity index (χ2v) is 10.3. The molecule has 0 bridgehead atoms. The highest BCUT2D eigenvalue weighted by molar-refractivity contribution is 7.89. The summed E-state index contributed by atoms with van der Waals surface area (Å²) < 4.78 is 29.1. The zero-order chi connectivity index (χ0) is 27.1. The van der Waals surface area contributed by atoms with E-state index in [4.69, 9.17) is 0 Å². The number of nitro groups is 1. The molecule has 0 spiro atoms. The smallest absolute Gasteiger partial charge is 0.336 e. The molecule has 0 unspecified atom stereocenters. The summed E-state index contributed by atoms with van der Waals surface area (Å²) in [5.41, 5.74) is 1.82. The van der Waals surface area contributed by atoms with Crippen LogP contribution in [0.25, 0.3) is 21.9 Å². The minimum Gasteiger partial charge on any atom is -0.478 e. The maximum absolute atomic E-state index is 13.2. The number of hydrogen-bond acceptors (Lipinski definition) is 7. The number of carboxylic acid groups (broad SMARTS) is 1. The van der Waals surface area contributed by atoms with E-state index < -0.39 is 20.9 Å². The third-order valence-corrected chi connectivity index (χ3v) is 7.54. The molecular weight excluding hydrogens is 508 g/mol. The number of non-ortho nitro benzene ring substituents is 1. The Balaban J connectivity index is 1.35. The van der Waals surface area contributed by atoms with Crippen molar-refractivity contribution in [2.45, 2.75) is 17.7 Å². The van der Waals surface area contributed by atoms with Gasteiger partial charge in [-0.2, -0.15) is 0 Å². The molecule has 11 heteroatoms.